The molecule has 70 valence electrons. The highest BCUT2D eigenvalue weighted by molar-refractivity contribution is 7.19. The first-order valence-electron chi connectivity index (χ1n) is 3.99. The van der Waals surface area contributed by atoms with Gasteiger partial charge in [-0.2, -0.15) is 0 Å². The third-order valence-corrected chi connectivity index (χ3v) is 3.30. The van der Waals surface area contributed by atoms with Gasteiger partial charge in [-0.25, -0.2) is 0 Å². The fourth-order valence-corrected chi connectivity index (χ4v) is 2.37. The summed E-state index contributed by atoms with van der Waals surface area (Å²) in [5.41, 5.74) is 6.92. The van der Waals surface area contributed by atoms with Crippen molar-refractivity contribution in [2.24, 2.45) is 5.73 Å². The van der Waals surface area contributed by atoms with Crippen LogP contribution in [0.4, 0.5) is 0 Å². The minimum atomic E-state index is 0. The van der Waals surface area contributed by atoms with Crippen LogP contribution in [0.1, 0.15) is 10.4 Å². The zero-order valence-corrected chi connectivity index (χ0v) is 9.04. The minimum absolute atomic E-state index is 0. The van der Waals surface area contributed by atoms with Crippen molar-refractivity contribution in [1.29, 1.82) is 0 Å². The predicted octanol–water partition coefficient (Wildman–Crippen LogP) is 3.09. The SMILES string of the molecule is Cc1cccc2cc(CN)sc12.Cl. The fourth-order valence-electron chi connectivity index (χ4n) is 1.36. The third-order valence-electron chi connectivity index (χ3n) is 1.99. The summed E-state index contributed by atoms with van der Waals surface area (Å²) in [4.78, 5) is 1.26. The van der Waals surface area contributed by atoms with Gasteiger partial charge >= 0.3 is 0 Å². The first-order valence-corrected chi connectivity index (χ1v) is 4.81. The Bertz CT molecular complexity index is 408. The Balaban J connectivity index is 0.000000845. The maximum absolute atomic E-state index is 5.57. The van der Waals surface area contributed by atoms with E-state index in [2.05, 4.69) is 31.2 Å². The van der Waals surface area contributed by atoms with Crippen molar-refractivity contribution in [3.8, 4) is 0 Å². The average molecular weight is 214 g/mol. The summed E-state index contributed by atoms with van der Waals surface area (Å²) in [7, 11) is 0. The van der Waals surface area contributed by atoms with Crippen molar-refractivity contribution in [3.63, 3.8) is 0 Å². The fraction of sp³-hybridized carbons (Fsp3) is 0.200. The van der Waals surface area contributed by atoms with Crippen molar-refractivity contribution in [3.05, 3.63) is 34.7 Å². The zero-order valence-electron chi connectivity index (χ0n) is 7.41. The summed E-state index contributed by atoms with van der Waals surface area (Å²) < 4.78 is 1.37. The van der Waals surface area contributed by atoms with E-state index in [-0.39, 0.29) is 12.4 Å². The van der Waals surface area contributed by atoms with Crippen LogP contribution in [0.3, 0.4) is 0 Å². The third kappa shape index (κ3) is 1.85. The second-order valence-corrected chi connectivity index (χ2v) is 4.05. The van der Waals surface area contributed by atoms with Gasteiger partial charge in [-0.05, 0) is 23.9 Å². The van der Waals surface area contributed by atoms with Crippen LogP contribution in [-0.4, -0.2) is 0 Å². The molecule has 0 aliphatic heterocycles. The van der Waals surface area contributed by atoms with E-state index < -0.39 is 0 Å². The average Bonchev–Trinajstić information content (AvgIpc) is 2.49. The number of benzene rings is 1. The van der Waals surface area contributed by atoms with Crippen molar-refractivity contribution in [2.75, 3.05) is 0 Å². The highest BCUT2D eigenvalue weighted by Gasteiger charge is 2.01. The Morgan fingerprint density at radius 1 is 1.38 bits per heavy atom. The monoisotopic (exact) mass is 213 g/mol. The van der Waals surface area contributed by atoms with Crippen LogP contribution < -0.4 is 5.73 Å². The largest absolute Gasteiger partial charge is 0.326 e. The predicted molar refractivity (Wildman–Crippen MR) is 61.7 cm³/mol. The standard InChI is InChI=1S/C10H11NS.ClH/c1-7-3-2-4-8-5-9(6-11)12-10(7)8;/h2-5H,6,11H2,1H3;1H. The molecule has 1 aromatic heterocycles. The van der Waals surface area contributed by atoms with Crippen molar-refractivity contribution in [2.45, 2.75) is 13.5 Å². The van der Waals surface area contributed by atoms with E-state index in [9.17, 15) is 0 Å². The smallest absolute Gasteiger partial charge is 0.0375 e. The van der Waals surface area contributed by atoms with Crippen molar-refractivity contribution >= 4 is 33.8 Å². The number of halogens is 1. The van der Waals surface area contributed by atoms with Crippen LogP contribution in [-0.2, 0) is 6.54 Å². The molecule has 2 rings (SSSR count). The van der Waals surface area contributed by atoms with Crippen molar-refractivity contribution < 1.29 is 0 Å². The number of thiophene rings is 1. The molecular formula is C10H12ClNS. The van der Waals surface area contributed by atoms with E-state index in [4.69, 9.17) is 5.73 Å². The molecular weight excluding hydrogens is 202 g/mol. The van der Waals surface area contributed by atoms with Gasteiger partial charge in [0.1, 0.15) is 0 Å². The summed E-state index contributed by atoms with van der Waals surface area (Å²) in [6.07, 6.45) is 0. The molecule has 0 aliphatic rings. The molecule has 2 aromatic rings. The van der Waals surface area contributed by atoms with Crippen LogP contribution in [0.25, 0.3) is 10.1 Å². The molecule has 0 saturated heterocycles. The number of hydrogen-bond acceptors (Lipinski definition) is 2. The molecule has 0 amide bonds. The van der Waals surface area contributed by atoms with E-state index in [0.29, 0.717) is 6.54 Å². The lowest BCUT2D eigenvalue weighted by atomic mass is 10.2. The topological polar surface area (TPSA) is 26.0 Å². The Kier molecular flexibility index (Phi) is 3.31. The van der Waals surface area contributed by atoms with E-state index >= 15 is 0 Å². The summed E-state index contributed by atoms with van der Waals surface area (Å²) >= 11 is 1.80. The lowest BCUT2D eigenvalue weighted by molar-refractivity contribution is 1.11. The van der Waals surface area contributed by atoms with Crippen LogP contribution in [0.5, 0.6) is 0 Å². The number of aryl methyl sites for hydroxylation is 1. The van der Waals surface area contributed by atoms with Gasteiger partial charge in [-0.1, -0.05) is 18.2 Å². The molecule has 1 aromatic carbocycles. The van der Waals surface area contributed by atoms with Gasteiger partial charge in [0.05, 0.1) is 0 Å². The molecule has 0 aliphatic carbocycles. The molecule has 0 bridgehead atoms. The first-order chi connectivity index (χ1) is 5.81. The summed E-state index contributed by atoms with van der Waals surface area (Å²) in [6.45, 7) is 2.79. The van der Waals surface area contributed by atoms with Crippen molar-refractivity contribution in [1.82, 2.24) is 0 Å². The first kappa shape index (κ1) is 10.5. The van der Waals surface area contributed by atoms with Crippen LogP contribution in [0, 0.1) is 6.92 Å². The molecule has 1 nitrogen and oxygen atoms in total. The normalized spacial score (nSPS) is 10.0. The van der Waals surface area contributed by atoms with Crippen LogP contribution in [0.2, 0.25) is 0 Å². The maximum atomic E-state index is 5.57. The molecule has 13 heavy (non-hydrogen) atoms. The van der Waals surface area contributed by atoms with Gasteiger partial charge in [0.15, 0.2) is 0 Å². The van der Waals surface area contributed by atoms with Crippen LogP contribution >= 0.6 is 23.7 Å². The number of hydrogen-bond donors (Lipinski definition) is 1. The second kappa shape index (κ2) is 4.09. The molecule has 2 N–H and O–H groups in total. The molecule has 0 unspecified atom stereocenters. The van der Waals surface area contributed by atoms with Gasteiger partial charge < -0.3 is 5.73 Å². The lowest BCUT2D eigenvalue weighted by Crippen LogP contribution is -1.90. The molecule has 3 heteroatoms. The van der Waals surface area contributed by atoms with Gasteiger partial charge in [-0.15, -0.1) is 23.7 Å². The molecule has 0 saturated carbocycles. The minimum Gasteiger partial charge on any atom is -0.326 e. The van der Waals surface area contributed by atoms with Gasteiger partial charge in [-0.3, -0.25) is 0 Å². The summed E-state index contributed by atoms with van der Waals surface area (Å²) in [5.74, 6) is 0. The Morgan fingerprint density at radius 2 is 2.15 bits per heavy atom. The second-order valence-electron chi connectivity index (χ2n) is 2.91. The van der Waals surface area contributed by atoms with E-state index in [1.165, 1.54) is 20.5 Å². The Labute approximate surface area is 88.0 Å². The van der Waals surface area contributed by atoms with E-state index in [1.54, 1.807) is 11.3 Å². The lowest BCUT2D eigenvalue weighted by Gasteiger charge is -1.91. The summed E-state index contributed by atoms with van der Waals surface area (Å²) in [5, 5.41) is 1.32. The molecule has 0 fully saturated rings. The van der Waals surface area contributed by atoms with E-state index in [0.717, 1.165) is 0 Å². The molecule has 0 spiro atoms. The molecule has 0 radical (unpaired) electrons. The van der Waals surface area contributed by atoms with Gasteiger partial charge in [0.25, 0.3) is 0 Å². The number of fused-ring (bicyclic) bond motifs is 1. The molecule has 0 atom stereocenters. The zero-order chi connectivity index (χ0) is 8.55. The van der Waals surface area contributed by atoms with Crippen LogP contribution in [0.15, 0.2) is 24.3 Å². The van der Waals surface area contributed by atoms with Gasteiger partial charge in [0.2, 0.25) is 0 Å². The quantitative estimate of drug-likeness (QED) is 0.774. The number of nitrogens with two attached hydrogens (primary N) is 1. The Hall–Kier alpha value is -0.570. The highest BCUT2D eigenvalue weighted by atomic mass is 35.5. The highest BCUT2D eigenvalue weighted by Crippen LogP contribution is 2.27. The molecule has 1 heterocycles. The summed E-state index contributed by atoms with van der Waals surface area (Å²) in [6, 6.07) is 8.54. The Morgan fingerprint density at radius 3 is 2.77 bits per heavy atom. The van der Waals surface area contributed by atoms with E-state index in [1.807, 2.05) is 0 Å². The maximum Gasteiger partial charge on any atom is 0.0375 e. The van der Waals surface area contributed by atoms with Gasteiger partial charge in [0, 0.05) is 16.1 Å². The number of rotatable bonds is 1.